The van der Waals surface area contributed by atoms with Crippen LogP contribution in [0.5, 0.6) is 11.7 Å². The van der Waals surface area contributed by atoms with Crippen molar-refractivity contribution < 1.29 is 18.7 Å². The number of ether oxygens (including phenoxy) is 2. The summed E-state index contributed by atoms with van der Waals surface area (Å²) in [6.07, 6.45) is -0.106. The summed E-state index contributed by atoms with van der Waals surface area (Å²) in [4.78, 5) is 16.3. The fourth-order valence-corrected chi connectivity index (χ4v) is 2.82. The average molecular weight is 427 g/mol. The number of carbonyl (C=O) groups excluding carboxylic acids is 1. The topological polar surface area (TPSA) is 61.6 Å². The molecule has 0 saturated carbocycles. The molecule has 0 saturated heterocycles. The lowest BCUT2D eigenvalue weighted by Crippen LogP contribution is -2.08. The van der Waals surface area contributed by atoms with Crippen molar-refractivity contribution >= 4 is 40.8 Å². The zero-order valence-corrected chi connectivity index (χ0v) is 16.4. The predicted molar refractivity (Wildman–Crippen MR) is 104 cm³/mol. The summed E-state index contributed by atoms with van der Waals surface area (Å²) < 4.78 is 16.5. The van der Waals surface area contributed by atoms with Gasteiger partial charge in [-0.25, -0.2) is 4.98 Å². The number of esters is 1. The SMILES string of the molecule is CCOC(=O)Cc1nc(-c2ccc(Cl)cc2)oc1Oc1ccc(Cl)cc1Cl. The molecule has 0 radical (unpaired) electrons. The molecular formula is C19H14Cl3NO4. The summed E-state index contributed by atoms with van der Waals surface area (Å²) >= 11 is 18.0. The minimum atomic E-state index is -0.444. The van der Waals surface area contributed by atoms with E-state index in [1.807, 2.05) is 0 Å². The van der Waals surface area contributed by atoms with Gasteiger partial charge in [0.05, 0.1) is 18.1 Å². The summed E-state index contributed by atoms with van der Waals surface area (Å²) in [7, 11) is 0. The zero-order valence-electron chi connectivity index (χ0n) is 14.2. The lowest BCUT2D eigenvalue weighted by molar-refractivity contribution is -0.142. The molecule has 0 aliphatic carbocycles. The predicted octanol–water partition coefficient (Wildman–Crippen LogP) is 6.20. The quantitative estimate of drug-likeness (QED) is 0.439. The number of carbonyl (C=O) groups is 1. The second-order valence-corrected chi connectivity index (χ2v) is 6.70. The standard InChI is InChI=1S/C19H14Cl3NO4/c1-2-25-17(24)10-15-19(26-16-8-7-13(21)9-14(16)22)27-18(23-15)11-3-5-12(20)6-4-11/h3-9H,2,10H2,1H3. The highest BCUT2D eigenvalue weighted by molar-refractivity contribution is 6.35. The average Bonchev–Trinajstić information content (AvgIpc) is 3.00. The van der Waals surface area contributed by atoms with Crippen molar-refractivity contribution in [2.24, 2.45) is 0 Å². The van der Waals surface area contributed by atoms with Crippen molar-refractivity contribution in [2.45, 2.75) is 13.3 Å². The maximum atomic E-state index is 11.9. The largest absolute Gasteiger partial charge is 0.466 e. The number of nitrogens with zero attached hydrogens (tertiary/aromatic N) is 1. The Morgan fingerprint density at radius 2 is 1.78 bits per heavy atom. The molecule has 1 heterocycles. The highest BCUT2D eigenvalue weighted by atomic mass is 35.5. The van der Waals surface area contributed by atoms with E-state index in [0.717, 1.165) is 0 Å². The normalized spacial score (nSPS) is 10.7. The van der Waals surface area contributed by atoms with Gasteiger partial charge in [0.2, 0.25) is 5.89 Å². The summed E-state index contributed by atoms with van der Waals surface area (Å²) in [6.45, 7) is 1.99. The van der Waals surface area contributed by atoms with E-state index in [4.69, 9.17) is 48.7 Å². The molecule has 0 aliphatic heterocycles. The number of rotatable bonds is 6. The van der Waals surface area contributed by atoms with Gasteiger partial charge in [0.15, 0.2) is 0 Å². The van der Waals surface area contributed by atoms with Crippen LogP contribution in [0.2, 0.25) is 15.1 Å². The molecule has 1 aromatic heterocycles. The Morgan fingerprint density at radius 1 is 1.07 bits per heavy atom. The molecule has 140 valence electrons. The van der Waals surface area contributed by atoms with Crippen molar-refractivity contribution in [3.63, 3.8) is 0 Å². The number of hydrogen-bond donors (Lipinski definition) is 0. The Labute approximate surface area is 170 Å². The van der Waals surface area contributed by atoms with Gasteiger partial charge in [0.25, 0.3) is 0 Å². The van der Waals surface area contributed by atoms with E-state index in [9.17, 15) is 4.79 Å². The molecule has 0 spiro atoms. The van der Waals surface area contributed by atoms with E-state index in [2.05, 4.69) is 4.98 Å². The first-order valence-corrected chi connectivity index (χ1v) is 9.14. The van der Waals surface area contributed by atoms with Gasteiger partial charge < -0.3 is 13.9 Å². The van der Waals surface area contributed by atoms with Gasteiger partial charge in [-0.2, -0.15) is 0 Å². The Bertz CT molecular complexity index is 954. The highest BCUT2D eigenvalue weighted by Gasteiger charge is 2.21. The first kappa shape index (κ1) is 19.5. The van der Waals surface area contributed by atoms with Crippen LogP contribution in [0, 0.1) is 0 Å². The van der Waals surface area contributed by atoms with Crippen molar-refractivity contribution in [1.82, 2.24) is 4.98 Å². The molecule has 3 aromatic rings. The lowest BCUT2D eigenvalue weighted by Gasteiger charge is -2.06. The fourth-order valence-electron chi connectivity index (χ4n) is 2.25. The number of oxazole rings is 1. The fraction of sp³-hybridized carbons (Fsp3) is 0.158. The number of aromatic nitrogens is 1. The monoisotopic (exact) mass is 425 g/mol. The molecule has 3 rings (SSSR count). The van der Waals surface area contributed by atoms with E-state index < -0.39 is 5.97 Å². The molecule has 8 heteroatoms. The van der Waals surface area contributed by atoms with Crippen LogP contribution in [-0.4, -0.2) is 17.6 Å². The number of benzene rings is 2. The third kappa shape index (κ3) is 4.95. The Morgan fingerprint density at radius 3 is 2.44 bits per heavy atom. The van der Waals surface area contributed by atoms with Crippen LogP contribution in [0.15, 0.2) is 46.9 Å². The summed E-state index contributed by atoms with van der Waals surface area (Å²) in [6, 6.07) is 11.7. The summed E-state index contributed by atoms with van der Waals surface area (Å²) in [5, 5.41) is 1.36. The molecule has 0 unspecified atom stereocenters. The third-order valence-corrected chi connectivity index (χ3v) is 4.25. The molecule has 2 aromatic carbocycles. The van der Waals surface area contributed by atoms with Gasteiger partial charge in [-0.05, 0) is 49.4 Å². The van der Waals surface area contributed by atoms with Crippen LogP contribution in [0.25, 0.3) is 11.5 Å². The van der Waals surface area contributed by atoms with Crippen LogP contribution in [-0.2, 0) is 16.0 Å². The maximum Gasteiger partial charge on any atom is 0.315 e. The number of hydrogen-bond acceptors (Lipinski definition) is 5. The van der Waals surface area contributed by atoms with Crippen molar-refractivity contribution in [1.29, 1.82) is 0 Å². The molecule has 0 fully saturated rings. The molecule has 0 N–H and O–H groups in total. The first-order chi connectivity index (χ1) is 13.0. The molecular weight excluding hydrogens is 413 g/mol. The second kappa shape index (κ2) is 8.65. The molecule has 0 aliphatic rings. The third-order valence-electron chi connectivity index (χ3n) is 3.47. The Kier molecular flexibility index (Phi) is 6.26. The van der Waals surface area contributed by atoms with Crippen molar-refractivity contribution in [3.8, 4) is 23.1 Å². The molecule has 0 amide bonds. The Hall–Kier alpha value is -2.21. The van der Waals surface area contributed by atoms with E-state index in [1.165, 1.54) is 0 Å². The Balaban J connectivity index is 1.96. The summed E-state index contributed by atoms with van der Waals surface area (Å²) in [5.41, 5.74) is 0.978. The van der Waals surface area contributed by atoms with Crippen molar-refractivity contribution in [2.75, 3.05) is 6.61 Å². The van der Waals surface area contributed by atoms with Crippen LogP contribution in [0.4, 0.5) is 0 Å². The van der Waals surface area contributed by atoms with E-state index >= 15 is 0 Å². The smallest absolute Gasteiger partial charge is 0.315 e. The van der Waals surface area contributed by atoms with E-state index in [1.54, 1.807) is 49.4 Å². The minimum Gasteiger partial charge on any atom is -0.466 e. The second-order valence-electron chi connectivity index (χ2n) is 5.42. The van der Waals surface area contributed by atoms with Gasteiger partial charge in [0.1, 0.15) is 11.4 Å². The molecule has 27 heavy (non-hydrogen) atoms. The maximum absolute atomic E-state index is 11.9. The van der Waals surface area contributed by atoms with Crippen LogP contribution in [0.3, 0.4) is 0 Å². The van der Waals surface area contributed by atoms with Gasteiger partial charge in [-0.1, -0.05) is 34.8 Å². The van der Waals surface area contributed by atoms with Gasteiger partial charge in [-0.15, -0.1) is 0 Å². The zero-order chi connectivity index (χ0) is 19.4. The van der Waals surface area contributed by atoms with Gasteiger partial charge in [0, 0.05) is 15.6 Å². The van der Waals surface area contributed by atoms with Crippen LogP contribution < -0.4 is 4.74 Å². The van der Waals surface area contributed by atoms with E-state index in [0.29, 0.717) is 32.1 Å². The minimum absolute atomic E-state index is 0.0530. The molecule has 0 bridgehead atoms. The van der Waals surface area contributed by atoms with Crippen LogP contribution >= 0.6 is 34.8 Å². The summed E-state index contributed by atoms with van der Waals surface area (Å²) in [5.74, 6) is 0.216. The van der Waals surface area contributed by atoms with E-state index in [-0.39, 0.29) is 24.9 Å². The highest BCUT2D eigenvalue weighted by Crippen LogP contribution is 2.36. The number of halogens is 3. The van der Waals surface area contributed by atoms with Gasteiger partial charge >= 0.3 is 11.9 Å². The molecule has 5 nitrogen and oxygen atoms in total. The van der Waals surface area contributed by atoms with Crippen LogP contribution in [0.1, 0.15) is 12.6 Å². The molecule has 0 atom stereocenters. The first-order valence-electron chi connectivity index (χ1n) is 8.00. The van der Waals surface area contributed by atoms with Gasteiger partial charge in [-0.3, -0.25) is 4.79 Å². The lowest BCUT2D eigenvalue weighted by atomic mass is 10.2. The van der Waals surface area contributed by atoms with Crippen molar-refractivity contribution in [3.05, 3.63) is 63.2 Å².